The molecule has 0 saturated heterocycles. The summed E-state index contributed by atoms with van der Waals surface area (Å²) in [5.41, 5.74) is 8.79. The first-order valence-corrected chi connectivity index (χ1v) is 7.50. The second kappa shape index (κ2) is 11.4. The van der Waals surface area contributed by atoms with E-state index in [2.05, 4.69) is 81.4 Å². The molecule has 0 aromatic rings. The fourth-order valence-electron chi connectivity index (χ4n) is 2.81. The number of halogens is 3. The van der Waals surface area contributed by atoms with Crippen molar-refractivity contribution in [3.63, 3.8) is 0 Å². The molecule has 0 aliphatic heterocycles. The van der Waals surface area contributed by atoms with Crippen LogP contribution < -0.4 is 0 Å². The van der Waals surface area contributed by atoms with Crippen molar-refractivity contribution in [1.82, 2.24) is 0 Å². The zero-order valence-corrected chi connectivity index (χ0v) is 21.6. The second-order valence-corrected chi connectivity index (χ2v) is 7.25. The predicted molar refractivity (Wildman–Crippen MR) is 111 cm³/mol. The van der Waals surface area contributed by atoms with Gasteiger partial charge < -0.3 is 0 Å². The van der Waals surface area contributed by atoms with Crippen LogP contribution in [0, 0.1) is 23.0 Å². The van der Waals surface area contributed by atoms with Crippen molar-refractivity contribution in [2.45, 2.75) is 69.2 Å². The average Bonchev–Trinajstić information content (AvgIpc) is 2.60. The first kappa shape index (κ1) is 32.4. The summed E-state index contributed by atoms with van der Waals surface area (Å²) in [5, 5.41) is 0. The zero-order valence-electron chi connectivity index (χ0n) is 16.7. The Morgan fingerprint density at radius 2 is 0.750 bits per heavy atom. The molecule has 0 aromatic carbocycles. The quantitative estimate of drug-likeness (QED) is 0.322. The van der Waals surface area contributed by atoms with Gasteiger partial charge in [0, 0.05) is 0 Å². The van der Waals surface area contributed by atoms with Gasteiger partial charge in [-0.1, -0.05) is 66.2 Å². The van der Waals surface area contributed by atoms with Crippen LogP contribution in [0.15, 0.2) is 33.4 Å². The van der Waals surface area contributed by atoms with Crippen molar-refractivity contribution in [1.29, 1.82) is 0 Å². The maximum absolute atomic E-state index is 3.44. The zero-order chi connectivity index (χ0) is 15.9. The summed E-state index contributed by atoms with van der Waals surface area (Å²) in [6.45, 7) is 21.8. The minimum absolute atomic E-state index is 0. The van der Waals surface area contributed by atoms with E-state index >= 15 is 0 Å². The minimum atomic E-state index is 0. The Kier molecular flexibility index (Phi) is 15.4. The van der Waals surface area contributed by atoms with Gasteiger partial charge in [0.15, 0.2) is 0 Å². The Balaban J connectivity index is -0.000000143. The van der Waals surface area contributed by atoms with Gasteiger partial charge in [-0.25, -0.2) is 11.1 Å². The van der Waals surface area contributed by atoms with Crippen molar-refractivity contribution in [2.75, 3.05) is 0 Å². The molecule has 2 aliphatic rings. The summed E-state index contributed by atoms with van der Waals surface area (Å²) in [6, 6.07) is 0. The molecule has 0 atom stereocenters. The fourth-order valence-corrected chi connectivity index (χ4v) is 2.81. The first-order chi connectivity index (χ1) is 8.90. The van der Waals surface area contributed by atoms with Crippen molar-refractivity contribution < 1.29 is 26.2 Å². The van der Waals surface area contributed by atoms with Crippen LogP contribution in [-0.4, -0.2) is 0 Å². The molecule has 4 heteroatoms. The van der Waals surface area contributed by atoms with Crippen LogP contribution in [0.3, 0.4) is 0 Å². The molecule has 2 aliphatic carbocycles. The molecule has 0 N–H and O–H groups in total. The van der Waals surface area contributed by atoms with Crippen LogP contribution in [0.25, 0.3) is 0 Å². The third-order valence-electron chi connectivity index (χ3n) is 5.12. The first-order valence-electron chi connectivity index (χ1n) is 7.50. The monoisotopic (exact) mass is 468 g/mol. The van der Waals surface area contributed by atoms with E-state index in [1.165, 1.54) is 33.4 Å². The van der Waals surface area contributed by atoms with Gasteiger partial charge in [0.1, 0.15) is 0 Å². The molecule has 0 nitrogen and oxygen atoms in total. The largest absolute Gasteiger partial charge is 2.00 e. The number of allylic oxidation sites excluding steroid dienone is 8. The standard InChI is InChI=1S/2C10H15.3ClH.Zr/c2*1-7-6-10(4,5)9(3)8(7)2;;;;/h2*1-5H3;3*1H;/q2*-1;;;;+2. The molecule has 2 rings (SSSR count). The van der Waals surface area contributed by atoms with E-state index in [-0.39, 0.29) is 74.3 Å². The van der Waals surface area contributed by atoms with Gasteiger partial charge in [-0.05, 0) is 0 Å². The molecule has 0 bridgehead atoms. The third kappa shape index (κ3) is 7.15. The Hall–Kier alpha value is 0.713. The van der Waals surface area contributed by atoms with Crippen molar-refractivity contribution >= 4 is 37.2 Å². The van der Waals surface area contributed by atoms with Gasteiger partial charge >= 0.3 is 26.2 Å². The Morgan fingerprint density at radius 3 is 0.792 bits per heavy atom. The maximum Gasteiger partial charge on any atom is 2.00 e. The van der Waals surface area contributed by atoms with Crippen LogP contribution >= 0.6 is 37.2 Å². The minimum Gasteiger partial charge on any atom is -0.263 e. The van der Waals surface area contributed by atoms with E-state index in [0.717, 1.165) is 0 Å². The van der Waals surface area contributed by atoms with Crippen molar-refractivity contribution in [3.05, 3.63) is 45.6 Å². The van der Waals surface area contributed by atoms with E-state index in [1.807, 2.05) is 0 Å². The molecule has 0 fully saturated rings. The van der Waals surface area contributed by atoms with Crippen LogP contribution in [-0.2, 0) is 26.2 Å². The van der Waals surface area contributed by atoms with E-state index in [0.29, 0.717) is 0 Å². The average molecular weight is 471 g/mol. The maximum atomic E-state index is 3.44. The van der Waals surface area contributed by atoms with Crippen molar-refractivity contribution in [3.8, 4) is 0 Å². The summed E-state index contributed by atoms with van der Waals surface area (Å²) in [4.78, 5) is 0. The molecule has 24 heavy (non-hydrogen) atoms. The van der Waals surface area contributed by atoms with E-state index in [1.54, 1.807) is 0 Å². The summed E-state index contributed by atoms with van der Waals surface area (Å²) in [7, 11) is 0. The Bertz CT molecular complexity index is 497. The molecule has 0 spiro atoms. The summed E-state index contributed by atoms with van der Waals surface area (Å²) in [6.07, 6.45) is 6.87. The Morgan fingerprint density at radius 1 is 0.542 bits per heavy atom. The molecule has 0 unspecified atom stereocenters. The van der Waals surface area contributed by atoms with Crippen LogP contribution in [0.1, 0.15) is 69.2 Å². The normalized spacial score (nSPS) is 19.6. The SMILES string of the molecule is CC1=[C-]C(C)(C)C(C)=C1C.CC1=[C-]C(C)(C)C(C)=C1C.Cl.Cl.Cl.[Zr+2]. The molecule has 0 heterocycles. The second-order valence-electron chi connectivity index (χ2n) is 7.25. The van der Waals surface area contributed by atoms with Crippen molar-refractivity contribution in [2.24, 2.45) is 10.8 Å². The molecule has 138 valence electrons. The molecule has 0 radical (unpaired) electrons. The van der Waals surface area contributed by atoms with E-state index in [4.69, 9.17) is 0 Å². The number of rotatable bonds is 0. The molecule has 0 amide bonds. The number of hydrogen-bond donors (Lipinski definition) is 0. The predicted octanol–water partition coefficient (Wildman–Crippen LogP) is 7.49. The molecular formula is C20H33Cl3Zr. The van der Waals surface area contributed by atoms with E-state index < -0.39 is 0 Å². The van der Waals surface area contributed by atoms with Crippen LogP contribution in [0.5, 0.6) is 0 Å². The smallest absolute Gasteiger partial charge is 0.263 e. The molecular weight excluding hydrogens is 438 g/mol. The van der Waals surface area contributed by atoms with Gasteiger partial charge in [0.05, 0.1) is 0 Å². The molecule has 0 aromatic heterocycles. The fraction of sp³-hybridized carbons (Fsp3) is 0.600. The van der Waals surface area contributed by atoms with Gasteiger partial charge in [0.2, 0.25) is 0 Å². The van der Waals surface area contributed by atoms with Crippen LogP contribution in [0.2, 0.25) is 0 Å². The Labute approximate surface area is 188 Å². The van der Waals surface area contributed by atoms with E-state index in [9.17, 15) is 0 Å². The van der Waals surface area contributed by atoms with Gasteiger partial charge in [0.25, 0.3) is 0 Å². The molecule has 0 saturated carbocycles. The van der Waals surface area contributed by atoms with Crippen LogP contribution in [0.4, 0.5) is 0 Å². The summed E-state index contributed by atoms with van der Waals surface area (Å²) >= 11 is 0. The van der Waals surface area contributed by atoms with Gasteiger partial charge in [-0.3, -0.25) is 12.2 Å². The third-order valence-corrected chi connectivity index (χ3v) is 5.12. The number of hydrogen-bond acceptors (Lipinski definition) is 0. The van der Waals surface area contributed by atoms with Gasteiger partial charge in [-0.2, -0.15) is 22.3 Å². The topological polar surface area (TPSA) is 0 Å². The van der Waals surface area contributed by atoms with Gasteiger partial charge in [-0.15, -0.1) is 51.1 Å². The summed E-state index contributed by atoms with van der Waals surface area (Å²) in [5.74, 6) is 0. The summed E-state index contributed by atoms with van der Waals surface area (Å²) < 4.78 is 0.